The van der Waals surface area contributed by atoms with Crippen molar-refractivity contribution in [1.29, 1.82) is 0 Å². The van der Waals surface area contributed by atoms with Crippen molar-refractivity contribution in [2.24, 2.45) is 0 Å². The quantitative estimate of drug-likeness (QED) is 0.255. The third-order valence-corrected chi connectivity index (χ3v) is 10.6. The zero-order valence-electron chi connectivity index (χ0n) is 16.2. The molecule has 0 atom stereocenters. The van der Waals surface area contributed by atoms with Gasteiger partial charge in [0.15, 0.2) is 0 Å². The summed E-state index contributed by atoms with van der Waals surface area (Å²) in [7, 11) is -2.03. The summed E-state index contributed by atoms with van der Waals surface area (Å²) < 4.78 is 0. The first-order valence-corrected chi connectivity index (χ1v) is 12.5. The molecular weight excluding hydrogens is 404 g/mol. The molecule has 0 fully saturated rings. The van der Waals surface area contributed by atoms with Crippen molar-refractivity contribution in [2.75, 3.05) is 12.7 Å². The Morgan fingerprint density at radius 2 is 0.964 bits per heavy atom. The molecule has 0 aromatic heterocycles. The molecule has 3 aromatic carbocycles. The van der Waals surface area contributed by atoms with Crippen molar-refractivity contribution in [1.82, 2.24) is 4.84 Å². The molecule has 3 rings (SSSR count). The molecule has 0 amide bonds. The maximum absolute atomic E-state index is 5.58. The molecule has 0 saturated carbocycles. The second-order valence-electron chi connectivity index (χ2n) is 7.05. The fraction of sp³-hybridized carbons (Fsp3) is 0.250. The standard InChI is InChI=1S/C24H29ClNP.ClH/c25-26-20-12-1-2-13-21-27(22-14-6-3-7-15-22,23-16-8-4-9-17-23)24-18-10-5-11-19-24;/h3-11,14-19,26-27H,1-2,12-13,20-21H2;1H. The van der Waals surface area contributed by atoms with Gasteiger partial charge in [0.25, 0.3) is 0 Å². The van der Waals surface area contributed by atoms with Crippen LogP contribution in [0.25, 0.3) is 0 Å². The number of halogens is 2. The molecule has 0 radical (unpaired) electrons. The van der Waals surface area contributed by atoms with Crippen molar-refractivity contribution in [3.63, 3.8) is 0 Å². The first-order valence-electron chi connectivity index (χ1n) is 9.88. The van der Waals surface area contributed by atoms with E-state index in [1.54, 1.807) is 0 Å². The Kier molecular flexibility index (Phi) is 10.0. The summed E-state index contributed by atoms with van der Waals surface area (Å²) in [5.41, 5.74) is 0. The van der Waals surface area contributed by atoms with Crippen molar-refractivity contribution in [3.05, 3.63) is 91.0 Å². The Labute approximate surface area is 181 Å². The molecule has 3 aromatic rings. The van der Waals surface area contributed by atoms with Crippen LogP contribution in [0.15, 0.2) is 91.0 Å². The fourth-order valence-corrected chi connectivity index (χ4v) is 9.10. The van der Waals surface area contributed by atoms with Gasteiger partial charge in [-0.1, -0.05) is 0 Å². The van der Waals surface area contributed by atoms with Gasteiger partial charge in [-0.25, -0.2) is 0 Å². The zero-order valence-corrected chi connectivity index (χ0v) is 18.8. The van der Waals surface area contributed by atoms with Crippen LogP contribution in [-0.4, -0.2) is 12.7 Å². The zero-order chi connectivity index (χ0) is 18.8. The van der Waals surface area contributed by atoms with E-state index in [2.05, 4.69) is 95.8 Å². The average Bonchev–Trinajstić information content (AvgIpc) is 2.75. The number of hydrogen-bond acceptors (Lipinski definition) is 1. The van der Waals surface area contributed by atoms with Gasteiger partial charge >= 0.3 is 169 Å². The molecule has 1 nitrogen and oxygen atoms in total. The molecule has 150 valence electrons. The summed E-state index contributed by atoms with van der Waals surface area (Å²) in [6.07, 6.45) is 6.09. The number of rotatable bonds is 10. The summed E-state index contributed by atoms with van der Waals surface area (Å²) in [5.74, 6) is 0. The van der Waals surface area contributed by atoms with Crippen LogP contribution in [0, 0.1) is 0 Å². The minimum atomic E-state index is -2.03. The van der Waals surface area contributed by atoms with E-state index in [1.807, 2.05) is 0 Å². The topological polar surface area (TPSA) is 12.0 Å². The van der Waals surface area contributed by atoms with E-state index in [0.717, 1.165) is 13.0 Å². The Morgan fingerprint density at radius 1 is 0.571 bits per heavy atom. The summed E-state index contributed by atoms with van der Waals surface area (Å²) in [5, 5.41) is 4.51. The van der Waals surface area contributed by atoms with Gasteiger partial charge in [-0.15, -0.1) is 12.4 Å². The SMILES string of the molecule is Cl.ClNCCCCCC[PH](c1ccccc1)(c1ccccc1)c1ccccc1. The van der Waals surface area contributed by atoms with E-state index in [1.165, 1.54) is 41.3 Å². The first-order chi connectivity index (χ1) is 13.4. The van der Waals surface area contributed by atoms with Gasteiger partial charge in [-0.3, -0.25) is 0 Å². The third-order valence-electron chi connectivity index (χ3n) is 5.37. The molecule has 0 spiro atoms. The van der Waals surface area contributed by atoms with E-state index in [-0.39, 0.29) is 12.4 Å². The Balaban J connectivity index is 0.00000280. The van der Waals surface area contributed by atoms with Gasteiger partial charge < -0.3 is 0 Å². The third kappa shape index (κ3) is 5.58. The summed E-state index contributed by atoms with van der Waals surface area (Å²) >= 11 is 5.58. The number of unbranched alkanes of at least 4 members (excludes halogenated alkanes) is 3. The molecule has 0 saturated heterocycles. The van der Waals surface area contributed by atoms with E-state index in [0.29, 0.717) is 0 Å². The van der Waals surface area contributed by atoms with E-state index >= 15 is 0 Å². The molecule has 0 unspecified atom stereocenters. The van der Waals surface area contributed by atoms with Crippen LogP contribution < -0.4 is 20.7 Å². The number of hydrogen-bond donors (Lipinski definition) is 1. The van der Waals surface area contributed by atoms with Gasteiger partial charge in [0.05, 0.1) is 0 Å². The Bertz CT molecular complexity index is 685. The molecular formula is C24H30Cl2NP. The Hall–Kier alpha value is -1.37. The predicted molar refractivity (Wildman–Crippen MR) is 131 cm³/mol. The van der Waals surface area contributed by atoms with Gasteiger partial charge in [-0.2, -0.15) is 0 Å². The van der Waals surface area contributed by atoms with Crippen LogP contribution in [-0.2, 0) is 0 Å². The molecule has 0 bridgehead atoms. The monoisotopic (exact) mass is 433 g/mol. The molecule has 0 heterocycles. The van der Waals surface area contributed by atoms with E-state index in [4.69, 9.17) is 11.8 Å². The number of nitrogens with one attached hydrogen (secondary N) is 1. The molecule has 4 heteroatoms. The van der Waals surface area contributed by atoms with Gasteiger partial charge in [0, 0.05) is 0 Å². The minimum absolute atomic E-state index is 0. The molecule has 0 aliphatic carbocycles. The van der Waals surface area contributed by atoms with Crippen LogP contribution >= 0.6 is 31.4 Å². The molecule has 1 N–H and O–H groups in total. The van der Waals surface area contributed by atoms with E-state index < -0.39 is 7.26 Å². The Morgan fingerprint density at radius 3 is 1.36 bits per heavy atom. The van der Waals surface area contributed by atoms with Crippen LogP contribution in [0.5, 0.6) is 0 Å². The molecule has 0 aliphatic rings. The number of benzene rings is 3. The van der Waals surface area contributed by atoms with Crippen molar-refractivity contribution in [2.45, 2.75) is 25.7 Å². The normalized spacial score (nSPS) is 11.6. The van der Waals surface area contributed by atoms with Crippen molar-refractivity contribution >= 4 is 47.4 Å². The maximum atomic E-state index is 5.58. The van der Waals surface area contributed by atoms with Crippen molar-refractivity contribution in [3.8, 4) is 0 Å². The van der Waals surface area contributed by atoms with Gasteiger partial charge in [0.2, 0.25) is 0 Å². The second kappa shape index (κ2) is 12.2. The second-order valence-corrected chi connectivity index (χ2v) is 11.4. The van der Waals surface area contributed by atoms with Crippen LogP contribution in [0.2, 0.25) is 0 Å². The summed E-state index contributed by atoms with van der Waals surface area (Å²) in [6.45, 7) is 0.889. The predicted octanol–water partition coefficient (Wildman–Crippen LogP) is 5.44. The van der Waals surface area contributed by atoms with Crippen LogP contribution in [0.1, 0.15) is 25.7 Å². The van der Waals surface area contributed by atoms with E-state index in [9.17, 15) is 0 Å². The van der Waals surface area contributed by atoms with Crippen molar-refractivity contribution < 1.29 is 0 Å². The fourth-order valence-electron chi connectivity index (χ4n) is 4.04. The van der Waals surface area contributed by atoms with Gasteiger partial charge in [-0.05, 0) is 0 Å². The van der Waals surface area contributed by atoms with Gasteiger partial charge in [0.1, 0.15) is 0 Å². The summed E-state index contributed by atoms with van der Waals surface area (Å²) in [4.78, 5) is 2.73. The van der Waals surface area contributed by atoms with Crippen LogP contribution in [0.4, 0.5) is 0 Å². The first kappa shape index (κ1) is 22.9. The molecule has 0 aliphatic heterocycles. The molecule has 28 heavy (non-hydrogen) atoms. The average molecular weight is 434 g/mol. The summed E-state index contributed by atoms with van der Waals surface area (Å²) in [6, 6.07) is 33.5. The van der Waals surface area contributed by atoms with Crippen LogP contribution in [0.3, 0.4) is 0 Å².